The Kier molecular flexibility index (Phi) is 8.50. The SMILES string of the molecule is C=CC(=O)NC1CC[C@@H](N(C)c2nnc(C(N)=O)c(Nc3cccc(C(=O)OCc4ccccc4)c3)n2)[C@H]1C. The molecule has 0 saturated heterocycles. The number of aromatic nitrogens is 3. The van der Waals surface area contributed by atoms with Crippen LogP contribution in [0.1, 0.15) is 46.2 Å². The molecule has 1 unspecified atom stereocenters. The smallest absolute Gasteiger partial charge is 0.338 e. The second kappa shape index (κ2) is 12.2. The molecule has 39 heavy (non-hydrogen) atoms. The van der Waals surface area contributed by atoms with Gasteiger partial charge in [-0.3, -0.25) is 9.59 Å². The van der Waals surface area contributed by atoms with Crippen molar-refractivity contribution in [2.24, 2.45) is 11.7 Å². The second-order valence-electron chi connectivity index (χ2n) is 9.37. The molecule has 0 bridgehead atoms. The summed E-state index contributed by atoms with van der Waals surface area (Å²) in [5.41, 5.74) is 7.08. The number of nitrogens with one attached hydrogen (secondary N) is 2. The second-order valence-corrected chi connectivity index (χ2v) is 9.37. The van der Waals surface area contributed by atoms with E-state index in [0.717, 1.165) is 18.4 Å². The highest BCUT2D eigenvalue weighted by molar-refractivity contribution is 5.96. The fraction of sp³-hybridized carbons (Fsp3) is 0.286. The summed E-state index contributed by atoms with van der Waals surface area (Å²) < 4.78 is 5.42. The monoisotopic (exact) mass is 529 g/mol. The highest BCUT2D eigenvalue weighted by Gasteiger charge is 2.37. The quantitative estimate of drug-likeness (QED) is 0.266. The molecular formula is C28H31N7O4. The van der Waals surface area contributed by atoms with Crippen LogP contribution in [0.3, 0.4) is 0 Å². The van der Waals surface area contributed by atoms with E-state index in [2.05, 4.69) is 39.3 Å². The molecule has 1 aromatic heterocycles. The Morgan fingerprint density at radius 3 is 2.62 bits per heavy atom. The summed E-state index contributed by atoms with van der Waals surface area (Å²) in [4.78, 5) is 42.9. The van der Waals surface area contributed by atoms with Crippen LogP contribution in [0.5, 0.6) is 0 Å². The number of rotatable bonds is 10. The van der Waals surface area contributed by atoms with E-state index in [4.69, 9.17) is 10.5 Å². The van der Waals surface area contributed by atoms with Crippen molar-refractivity contribution < 1.29 is 19.1 Å². The Morgan fingerprint density at radius 1 is 1.13 bits per heavy atom. The number of carbonyl (C=O) groups is 3. The Balaban J connectivity index is 1.51. The van der Waals surface area contributed by atoms with Crippen LogP contribution in [0.15, 0.2) is 67.3 Å². The van der Waals surface area contributed by atoms with Gasteiger partial charge in [-0.25, -0.2) is 4.79 Å². The maximum atomic E-state index is 12.6. The molecule has 11 nitrogen and oxygen atoms in total. The first-order chi connectivity index (χ1) is 18.8. The lowest BCUT2D eigenvalue weighted by molar-refractivity contribution is -0.117. The number of nitrogens with two attached hydrogens (primary N) is 1. The summed E-state index contributed by atoms with van der Waals surface area (Å²) in [6, 6.07) is 16.0. The molecule has 0 aliphatic heterocycles. The third-order valence-electron chi connectivity index (χ3n) is 6.82. The molecule has 1 fully saturated rings. The molecule has 0 spiro atoms. The average Bonchev–Trinajstić information content (AvgIpc) is 3.31. The van der Waals surface area contributed by atoms with E-state index in [1.54, 1.807) is 24.3 Å². The van der Waals surface area contributed by atoms with Gasteiger partial charge in [-0.15, -0.1) is 10.2 Å². The normalized spacial score (nSPS) is 18.2. The fourth-order valence-corrected chi connectivity index (χ4v) is 4.67. The van der Waals surface area contributed by atoms with Gasteiger partial charge in [-0.05, 0) is 48.6 Å². The first-order valence-corrected chi connectivity index (χ1v) is 12.5. The third-order valence-corrected chi connectivity index (χ3v) is 6.82. The van der Waals surface area contributed by atoms with Crippen LogP contribution < -0.4 is 21.3 Å². The van der Waals surface area contributed by atoms with Gasteiger partial charge >= 0.3 is 5.97 Å². The standard InChI is InChI=1S/C28H31N7O4/c1-4-23(36)31-21-13-14-22(17(21)2)35(3)28-32-26(24(25(29)37)33-34-28)30-20-12-8-11-19(15-20)27(38)39-16-18-9-6-5-7-10-18/h4-12,15,17,21-22H,1,13-14,16H2,2-3H3,(H2,29,37)(H,31,36)(H,30,32,34)/t17-,21?,22+/m0/s1. The first kappa shape index (κ1) is 27.2. The van der Waals surface area contributed by atoms with E-state index in [1.807, 2.05) is 42.3 Å². The molecule has 1 saturated carbocycles. The van der Waals surface area contributed by atoms with Crippen molar-refractivity contribution in [2.75, 3.05) is 17.3 Å². The Hall–Kier alpha value is -4.80. The van der Waals surface area contributed by atoms with E-state index in [-0.39, 0.29) is 48.0 Å². The van der Waals surface area contributed by atoms with Crippen molar-refractivity contribution in [3.8, 4) is 0 Å². The zero-order valence-corrected chi connectivity index (χ0v) is 21.8. The maximum Gasteiger partial charge on any atom is 0.338 e. The maximum absolute atomic E-state index is 12.6. The predicted molar refractivity (Wildman–Crippen MR) is 146 cm³/mol. The highest BCUT2D eigenvalue weighted by atomic mass is 16.5. The van der Waals surface area contributed by atoms with E-state index in [0.29, 0.717) is 11.3 Å². The summed E-state index contributed by atoms with van der Waals surface area (Å²) in [6.45, 7) is 5.71. The summed E-state index contributed by atoms with van der Waals surface area (Å²) in [6.07, 6.45) is 2.85. The zero-order chi connectivity index (χ0) is 27.9. The lowest BCUT2D eigenvalue weighted by Gasteiger charge is -2.29. The van der Waals surface area contributed by atoms with Crippen molar-refractivity contribution in [3.05, 3.63) is 84.1 Å². The van der Waals surface area contributed by atoms with Gasteiger partial charge in [-0.1, -0.05) is 49.9 Å². The fourth-order valence-electron chi connectivity index (χ4n) is 4.67. The molecule has 4 rings (SSSR count). The van der Waals surface area contributed by atoms with Crippen molar-refractivity contribution in [2.45, 2.75) is 38.5 Å². The number of hydrogen-bond donors (Lipinski definition) is 3. The summed E-state index contributed by atoms with van der Waals surface area (Å²) in [5, 5.41) is 14.2. The number of primary amides is 1. The topological polar surface area (TPSA) is 152 Å². The number of anilines is 3. The van der Waals surface area contributed by atoms with Gasteiger partial charge in [-0.2, -0.15) is 4.98 Å². The molecule has 3 atom stereocenters. The highest BCUT2D eigenvalue weighted by Crippen LogP contribution is 2.32. The Morgan fingerprint density at radius 2 is 1.90 bits per heavy atom. The minimum absolute atomic E-state index is 0.0113. The molecule has 1 aliphatic carbocycles. The molecule has 2 amide bonds. The van der Waals surface area contributed by atoms with Gasteiger partial charge in [0.15, 0.2) is 11.5 Å². The van der Waals surface area contributed by atoms with Gasteiger partial charge in [0, 0.05) is 24.8 Å². The summed E-state index contributed by atoms with van der Waals surface area (Å²) >= 11 is 0. The predicted octanol–water partition coefficient (Wildman–Crippen LogP) is 2.98. The van der Waals surface area contributed by atoms with Crippen molar-refractivity contribution >= 4 is 35.2 Å². The number of benzene rings is 2. The molecule has 3 aromatic rings. The van der Waals surface area contributed by atoms with Crippen LogP contribution >= 0.6 is 0 Å². The lowest BCUT2D eigenvalue weighted by Crippen LogP contribution is -2.42. The number of ether oxygens (including phenoxy) is 1. The first-order valence-electron chi connectivity index (χ1n) is 12.5. The number of hydrogen-bond acceptors (Lipinski definition) is 9. The minimum Gasteiger partial charge on any atom is -0.457 e. The zero-order valence-electron chi connectivity index (χ0n) is 21.8. The number of nitrogens with zero attached hydrogens (tertiary/aromatic N) is 4. The summed E-state index contributed by atoms with van der Waals surface area (Å²) in [7, 11) is 1.84. The molecule has 0 radical (unpaired) electrons. The van der Waals surface area contributed by atoms with Gasteiger partial charge < -0.3 is 26.0 Å². The molecule has 1 aliphatic rings. The van der Waals surface area contributed by atoms with Crippen LogP contribution in [-0.2, 0) is 16.1 Å². The molecular weight excluding hydrogens is 498 g/mol. The van der Waals surface area contributed by atoms with Gasteiger partial charge in [0.1, 0.15) is 6.61 Å². The lowest BCUT2D eigenvalue weighted by atomic mass is 10.0. The third kappa shape index (κ3) is 6.56. The number of esters is 1. The average molecular weight is 530 g/mol. The molecule has 2 aromatic carbocycles. The minimum atomic E-state index is -0.799. The summed E-state index contributed by atoms with van der Waals surface area (Å²) in [5.74, 6) is -1.01. The molecule has 202 valence electrons. The van der Waals surface area contributed by atoms with Crippen LogP contribution in [-0.4, -0.2) is 52.1 Å². The van der Waals surface area contributed by atoms with Crippen LogP contribution in [0.2, 0.25) is 0 Å². The van der Waals surface area contributed by atoms with Crippen LogP contribution in [0, 0.1) is 5.92 Å². The Bertz CT molecular complexity index is 1370. The van der Waals surface area contributed by atoms with Crippen LogP contribution in [0.25, 0.3) is 0 Å². The van der Waals surface area contributed by atoms with E-state index < -0.39 is 11.9 Å². The largest absolute Gasteiger partial charge is 0.457 e. The van der Waals surface area contributed by atoms with Gasteiger partial charge in [0.05, 0.1) is 5.56 Å². The molecule has 1 heterocycles. The van der Waals surface area contributed by atoms with E-state index >= 15 is 0 Å². The van der Waals surface area contributed by atoms with Gasteiger partial charge in [0.25, 0.3) is 5.91 Å². The van der Waals surface area contributed by atoms with Crippen molar-refractivity contribution in [1.82, 2.24) is 20.5 Å². The van der Waals surface area contributed by atoms with E-state index in [9.17, 15) is 14.4 Å². The number of carbonyl (C=O) groups excluding carboxylic acids is 3. The van der Waals surface area contributed by atoms with Crippen LogP contribution in [0.4, 0.5) is 17.5 Å². The Labute approximate surface area is 226 Å². The van der Waals surface area contributed by atoms with Crippen molar-refractivity contribution in [1.29, 1.82) is 0 Å². The van der Waals surface area contributed by atoms with E-state index in [1.165, 1.54) is 6.08 Å². The molecule has 11 heteroatoms. The van der Waals surface area contributed by atoms with Crippen molar-refractivity contribution in [3.63, 3.8) is 0 Å². The van der Waals surface area contributed by atoms with Gasteiger partial charge in [0.2, 0.25) is 11.9 Å². The number of amides is 2. The molecule has 4 N–H and O–H groups in total.